The molecule has 0 saturated carbocycles. The predicted molar refractivity (Wildman–Crippen MR) is 143 cm³/mol. The summed E-state index contributed by atoms with van der Waals surface area (Å²) in [5, 5.41) is 2.67. The third-order valence-electron chi connectivity index (χ3n) is 5.01. The van der Waals surface area contributed by atoms with Crippen LogP contribution in [0.3, 0.4) is 0 Å². The average Bonchev–Trinajstić information content (AvgIpc) is 3.07. The van der Waals surface area contributed by atoms with Gasteiger partial charge in [0.05, 0.1) is 17.2 Å². The molecule has 0 aliphatic carbocycles. The molecular formula is C25H20I2N2O4. The van der Waals surface area contributed by atoms with Gasteiger partial charge in [0.2, 0.25) is 0 Å². The molecule has 168 valence electrons. The molecule has 0 unspecified atom stereocenters. The molecule has 1 aliphatic heterocycles. The summed E-state index contributed by atoms with van der Waals surface area (Å²) >= 11 is 4.45. The lowest BCUT2D eigenvalue weighted by Gasteiger charge is -2.14. The summed E-state index contributed by atoms with van der Waals surface area (Å²) in [4.78, 5) is 26.4. The van der Waals surface area contributed by atoms with Crippen LogP contribution in [0, 0.1) is 7.14 Å². The molecular weight excluding hydrogens is 646 g/mol. The van der Waals surface area contributed by atoms with Gasteiger partial charge in [-0.1, -0.05) is 42.5 Å². The average molecular weight is 666 g/mol. The number of carbonyl (C=O) groups excluding carboxylic acids is 2. The van der Waals surface area contributed by atoms with Crippen LogP contribution >= 0.6 is 45.2 Å². The van der Waals surface area contributed by atoms with Gasteiger partial charge in [-0.3, -0.25) is 9.69 Å². The van der Waals surface area contributed by atoms with Crippen LogP contribution in [0.5, 0.6) is 11.5 Å². The summed E-state index contributed by atoms with van der Waals surface area (Å²) in [6.45, 7) is 0.627. The summed E-state index contributed by atoms with van der Waals surface area (Å²) in [7, 11) is 1.57. The van der Waals surface area contributed by atoms with Crippen LogP contribution in [0.4, 0.5) is 4.79 Å². The number of hydrogen-bond donors (Lipinski definition) is 1. The van der Waals surface area contributed by atoms with Gasteiger partial charge in [-0.25, -0.2) is 4.79 Å². The number of carbonyl (C=O) groups is 2. The highest BCUT2D eigenvalue weighted by atomic mass is 127. The highest BCUT2D eigenvalue weighted by Crippen LogP contribution is 2.35. The van der Waals surface area contributed by atoms with Crippen LogP contribution in [0.15, 0.2) is 72.4 Å². The van der Waals surface area contributed by atoms with E-state index in [1.807, 2.05) is 60.7 Å². The van der Waals surface area contributed by atoms with Crippen LogP contribution < -0.4 is 14.8 Å². The number of methoxy groups -OCH3 is 1. The minimum absolute atomic E-state index is 0.217. The number of hydrogen-bond acceptors (Lipinski definition) is 4. The summed E-state index contributed by atoms with van der Waals surface area (Å²) in [5.74, 6) is 0.820. The summed E-state index contributed by atoms with van der Waals surface area (Å²) in [5.41, 5.74) is 2.88. The van der Waals surface area contributed by atoms with E-state index < -0.39 is 6.03 Å². The first-order valence-electron chi connectivity index (χ1n) is 10.1. The number of halogens is 2. The molecule has 0 radical (unpaired) electrons. The van der Waals surface area contributed by atoms with Crippen molar-refractivity contribution in [2.45, 2.75) is 13.2 Å². The fourth-order valence-electron chi connectivity index (χ4n) is 3.35. The molecule has 1 aliphatic rings. The second-order valence-electron chi connectivity index (χ2n) is 7.31. The molecule has 0 atom stereocenters. The lowest BCUT2D eigenvalue weighted by atomic mass is 10.1. The number of ether oxygens (including phenoxy) is 2. The number of benzene rings is 3. The molecule has 3 amide bonds. The maximum atomic E-state index is 12.8. The Bertz CT molecular complexity index is 1210. The van der Waals surface area contributed by atoms with E-state index in [2.05, 4.69) is 50.5 Å². The Hall–Kier alpha value is -2.60. The fourth-order valence-corrected chi connectivity index (χ4v) is 4.49. The zero-order valence-corrected chi connectivity index (χ0v) is 22.0. The van der Waals surface area contributed by atoms with Crippen LogP contribution in [0.1, 0.15) is 16.7 Å². The molecule has 1 N–H and O–H groups in total. The standard InChI is InChI=1S/C25H20I2N2O4/c1-32-22-13-18(11-20(27)23(22)33-15-17-7-9-19(26)10-8-17)12-21-24(30)29(25(31)28-21)14-16-5-3-2-4-6-16/h2-13H,14-15H2,1H3,(H,28,31)/b21-12+. The highest BCUT2D eigenvalue weighted by Gasteiger charge is 2.33. The van der Waals surface area contributed by atoms with Crippen molar-refractivity contribution in [2.24, 2.45) is 0 Å². The SMILES string of the molecule is COc1cc(/C=C2/NC(=O)N(Cc3ccccc3)C2=O)cc(I)c1OCc1ccc(I)cc1. The van der Waals surface area contributed by atoms with Gasteiger partial charge in [0.15, 0.2) is 11.5 Å². The van der Waals surface area contributed by atoms with Crippen molar-refractivity contribution in [2.75, 3.05) is 7.11 Å². The molecule has 8 heteroatoms. The van der Waals surface area contributed by atoms with E-state index in [1.165, 1.54) is 4.90 Å². The van der Waals surface area contributed by atoms with E-state index in [-0.39, 0.29) is 18.1 Å². The van der Waals surface area contributed by atoms with E-state index >= 15 is 0 Å². The number of nitrogens with one attached hydrogen (secondary N) is 1. The lowest BCUT2D eigenvalue weighted by Crippen LogP contribution is -2.30. The van der Waals surface area contributed by atoms with E-state index in [0.29, 0.717) is 18.1 Å². The largest absolute Gasteiger partial charge is 0.493 e. The van der Waals surface area contributed by atoms with Crippen LogP contribution in [0.25, 0.3) is 6.08 Å². The van der Waals surface area contributed by atoms with Gasteiger partial charge < -0.3 is 14.8 Å². The van der Waals surface area contributed by atoms with Gasteiger partial charge >= 0.3 is 6.03 Å². The molecule has 0 spiro atoms. The summed E-state index contributed by atoms with van der Waals surface area (Å²) in [6, 6.07) is 20.8. The number of nitrogens with zero attached hydrogens (tertiary/aromatic N) is 1. The Morgan fingerprint density at radius 2 is 1.70 bits per heavy atom. The summed E-state index contributed by atoms with van der Waals surface area (Å²) in [6.07, 6.45) is 1.65. The second-order valence-corrected chi connectivity index (χ2v) is 9.72. The molecule has 0 aromatic heterocycles. The van der Waals surface area contributed by atoms with Crippen molar-refractivity contribution >= 4 is 63.2 Å². The minimum atomic E-state index is -0.436. The Balaban J connectivity index is 1.53. The first-order chi connectivity index (χ1) is 15.9. The number of amides is 3. The topological polar surface area (TPSA) is 67.9 Å². The smallest absolute Gasteiger partial charge is 0.329 e. The predicted octanol–water partition coefficient (Wildman–Crippen LogP) is 5.58. The first-order valence-corrected chi connectivity index (χ1v) is 12.2. The molecule has 1 saturated heterocycles. The van der Waals surface area contributed by atoms with Crippen LogP contribution in [-0.2, 0) is 17.9 Å². The van der Waals surface area contributed by atoms with Gasteiger partial charge in [0.1, 0.15) is 12.3 Å². The molecule has 1 fully saturated rings. The lowest BCUT2D eigenvalue weighted by molar-refractivity contribution is -0.123. The molecule has 0 bridgehead atoms. The molecule has 6 nitrogen and oxygen atoms in total. The Labute approximate surface area is 219 Å². The van der Waals surface area contributed by atoms with Crippen molar-refractivity contribution in [3.63, 3.8) is 0 Å². The molecule has 3 aromatic carbocycles. The van der Waals surface area contributed by atoms with E-state index in [0.717, 1.165) is 23.8 Å². The van der Waals surface area contributed by atoms with Crippen molar-refractivity contribution in [1.29, 1.82) is 0 Å². The number of imide groups is 1. The molecule has 33 heavy (non-hydrogen) atoms. The third kappa shape index (κ3) is 5.67. The Morgan fingerprint density at radius 3 is 2.39 bits per heavy atom. The molecule has 4 rings (SSSR count). The van der Waals surface area contributed by atoms with Crippen molar-refractivity contribution in [3.05, 3.63) is 96.3 Å². The first kappa shape index (κ1) is 23.6. The maximum Gasteiger partial charge on any atom is 0.329 e. The van der Waals surface area contributed by atoms with Gasteiger partial charge in [0, 0.05) is 3.57 Å². The van der Waals surface area contributed by atoms with Crippen LogP contribution in [0.2, 0.25) is 0 Å². The van der Waals surface area contributed by atoms with Crippen molar-refractivity contribution < 1.29 is 19.1 Å². The van der Waals surface area contributed by atoms with Gasteiger partial charge in [-0.15, -0.1) is 0 Å². The Morgan fingerprint density at radius 1 is 0.970 bits per heavy atom. The quantitative estimate of drug-likeness (QED) is 0.204. The monoisotopic (exact) mass is 666 g/mol. The molecule has 1 heterocycles. The zero-order chi connectivity index (χ0) is 23.4. The second kappa shape index (κ2) is 10.6. The normalized spacial score (nSPS) is 14.5. The van der Waals surface area contributed by atoms with Gasteiger partial charge in [0.25, 0.3) is 5.91 Å². The van der Waals surface area contributed by atoms with E-state index in [4.69, 9.17) is 9.47 Å². The minimum Gasteiger partial charge on any atom is -0.493 e. The summed E-state index contributed by atoms with van der Waals surface area (Å²) < 4.78 is 13.6. The Kier molecular flexibility index (Phi) is 7.53. The van der Waals surface area contributed by atoms with Crippen molar-refractivity contribution in [3.8, 4) is 11.5 Å². The van der Waals surface area contributed by atoms with Gasteiger partial charge in [-0.2, -0.15) is 0 Å². The van der Waals surface area contributed by atoms with E-state index in [1.54, 1.807) is 19.3 Å². The zero-order valence-electron chi connectivity index (χ0n) is 17.7. The maximum absolute atomic E-state index is 12.8. The third-order valence-corrected chi connectivity index (χ3v) is 6.53. The number of urea groups is 1. The number of rotatable bonds is 7. The molecule has 3 aromatic rings. The van der Waals surface area contributed by atoms with Crippen LogP contribution in [-0.4, -0.2) is 23.9 Å². The van der Waals surface area contributed by atoms with Gasteiger partial charge in [-0.05, 0) is 92.2 Å². The fraction of sp³-hybridized carbons (Fsp3) is 0.120. The van der Waals surface area contributed by atoms with E-state index in [9.17, 15) is 9.59 Å². The highest BCUT2D eigenvalue weighted by molar-refractivity contribution is 14.1. The van der Waals surface area contributed by atoms with Crippen molar-refractivity contribution in [1.82, 2.24) is 10.2 Å².